The maximum absolute atomic E-state index is 11.3. The normalized spacial score (nSPS) is 13.8. The summed E-state index contributed by atoms with van der Waals surface area (Å²) in [5.74, 6) is 0. The van der Waals surface area contributed by atoms with E-state index in [1.54, 1.807) is 24.3 Å². The summed E-state index contributed by atoms with van der Waals surface area (Å²) in [6.07, 6.45) is -0.468. The van der Waals surface area contributed by atoms with E-state index in [9.17, 15) is 13.0 Å². The van der Waals surface area contributed by atoms with Crippen LogP contribution in [-0.2, 0) is 21.1 Å². The van der Waals surface area contributed by atoms with Gasteiger partial charge in [0, 0.05) is 6.42 Å². The van der Waals surface area contributed by atoms with Crippen LogP contribution >= 0.6 is 7.60 Å². The van der Waals surface area contributed by atoms with Gasteiger partial charge in [0.05, 0.1) is 0 Å². The van der Waals surface area contributed by atoms with Gasteiger partial charge in [-0.1, -0.05) is 54.6 Å². The molecule has 0 heterocycles. The van der Waals surface area contributed by atoms with Crippen LogP contribution in [0.1, 0.15) is 5.56 Å². The lowest BCUT2D eigenvalue weighted by molar-refractivity contribution is 0.363. The molecule has 0 saturated carbocycles. The van der Waals surface area contributed by atoms with Gasteiger partial charge in [-0.05, 0) is 16.7 Å². The van der Waals surface area contributed by atoms with Crippen molar-refractivity contribution in [1.29, 1.82) is 0 Å². The van der Waals surface area contributed by atoms with Crippen molar-refractivity contribution in [2.24, 2.45) is 0 Å². The molecule has 6 nitrogen and oxygen atoms in total. The second-order valence-corrected chi connectivity index (χ2v) is 8.58. The van der Waals surface area contributed by atoms with Crippen LogP contribution in [0.5, 0.6) is 0 Å². The molecule has 0 bridgehead atoms. The first kappa shape index (κ1) is 16.9. The molecule has 118 valence electrons. The summed E-state index contributed by atoms with van der Waals surface area (Å²) in [5, 5.41) is 0. The maximum Gasteiger partial charge on any atom is 0.346 e. The predicted molar refractivity (Wildman–Crippen MR) is 83.0 cm³/mol. The molecule has 0 aliphatic carbocycles. The second-order valence-electron chi connectivity index (χ2n) is 4.83. The molecule has 2 aromatic carbocycles. The average Bonchev–Trinajstić information content (AvgIpc) is 2.44. The lowest BCUT2D eigenvalue weighted by Gasteiger charge is -2.16. The molecule has 0 radical (unpaired) electrons. The van der Waals surface area contributed by atoms with Crippen molar-refractivity contribution in [2.75, 3.05) is 0 Å². The molecule has 1 atom stereocenters. The Hall–Kier alpha value is -1.50. The average molecular weight is 342 g/mol. The van der Waals surface area contributed by atoms with Crippen molar-refractivity contribution >= 4 is 17.7 Å². The Balaban J connectivity index is 2.36. The van der Waals surface area contributed by atoms with Crippen LogP contribution in [0.3, 0.4) is 0 Å². The third-order valence-corrected chi connectivity index (χ3v) is 6.57. The molecule has 0 amide bonds. The van der Waals surface area contributed by atoms with Crippen molar-refractivity contribution < 1.29 is 27.3 Å². The predicted octanol–water partition coefficient (Wildman–Crippen LogP) is 2.29. The fraction of sp³-hybridized carbons (Fsp3) is 0.143. The number of rotatable bonds is 5. The summed E-state index contributed by atoms with van der Waals surface area (Å²) < 4.78 is 42.7. The third-order valence-electron chi connectivity index (χ3n) is 3.16. The van der Waals surface area contributed by atoms with Gasteiger partial charge in [-0.15, -0.1) is 0 Å². The van der Waals surface area contributed by atoms with Crippen LogP contribution in [0.4, 0.5) is 0 Å². The van der Waals surface area contributed by atoms with Gasteiger partial charge in [-0.3, -0.25) is 9.12 Å². The summed E-state index contributed by atoms with van der Waals surface area (Å²) in [7, 11) is -9.85. The van der Waals surface area contributed by atoms with E-state index in [1.165, 1.54) is 0 Å². The molecule has 8 heteroatoms. The molecular formula is C14H15O6PS. The lowest BCUT2D eigenvalue weighted by atomic mass is 10.0. The third kappa shape index (κ3) is 4.25. The molecule has 22 heavy (non-hydrogen) atoms. The summed E-state index contributed by atoms with van der Waals surface area (Å²) in [6, 6.07) is 15.9. The van der Waals surface area contributed by atoms with Crippen molar-refractivity contribution in [3.8, 4) is 11.1 Å². The molecule has 3 N–H and O–H groups in total. The summed E-state index contributed by atoms with van der Waals surface area (Å²) >= 11 is 0. The number of benzene rings is 2. The van der Waals surface area contributed by atoms with Gasteiger partial charge in [0.25, 0.3) is 10.1 Å². The molecule has 0 aliphatic heterocycles. The minimum absolute atomic E-state index is 0.410. The molecular weight excluding hydrogens is 327 g/mol. The van der Waals surface area contributed by atoms with Crippen LogP contribution in [0.15, 0.2) is 54.6 Å². The quantitative estimate of drug-likeness (QED) is 0.568. The highest BCUT2D eigenvalue weighted by molar-refractivity contribution is 7.93. The number of hydrogen-bond acceptors (Lipinski definition) is 3. The van der Waals surface area contributed by atoms with Gasteiger partial charge in [-0.25, -0.2) is 0 Å². The van der Waals surface area contributed by atoms with E-state index in [1.807, 2.05) is 30.3 Å². The van der Waals surface area contributed by atoms with Crippen molar-refractivity contribution in [1.82, 2.24) is 0 Å². The molecule has 0 fully saturated rings. The van der Waals surface area contributed by atoms with E-state index < -0.39 is 29.1 Å². The summed E-state index contributed by atoms with van der Waals surface area (Å²) in [4.78, 5) is 16.1. The van der Waals surface area contributed by atoms with E-state index in [-0.39, 0.29) is 0 Å². The van der Waals surface area contributed by atoms with Crippen LogP contribution < -0.4 is 0 Å². The molecule has 2 rings (SSSR count). The largest absolute Gasteiger partial charge is 0.346 e. The Morgan fingerprint density at radius 1 is 0.955 bits per heavy atom. The van der Waals surface area contributed by atoms with E-state index in [0.29, 0.717) is 5.56 Å². The van der Waals surface area contributed by atoms with Gasteiger partial charge >= 0.3 is 7.60 Å². The molecule has 2 aromatic rings. The Morgan fingerprint density at radius 2 is 1.55 bits per heavy atom. The Bertz CT molecular complexity index is 797. The Kier molecular flexibility index (Phi) is 4.84. The Morgan fingerprint density at radius 3 is 2.09 bits per heavy atom. The number of hydrogen-bond donors (Lipinski definition) is 3. The second kappa shape index (κ2) is 6.32. The fourth-order valence-corrected chi connectivity index (χ4v) is 4.35. The first-order valence-corrected chi connectivity index (χ1v) is 9.52. The zero-order chi connectivity index (χ0) is 16.4. The zero-order valence-electron chi connectivity index (χ0n) is 11.4. The minimum atomic E-state index is -4.99. The monoisotopic (exact) mass is 342 g/mol. The van der Waals surface area contributed by atoms with Gasteiger partial charge in [-0.2, -0.15) is 8.42 Å². The molecule has 0 aromatic heterocycles. The van der Waals surface area contributed by atoms with Crippen LogP contribution in [0, 0.1) is 0 Å². The molecule has 0 saturated heterocycles. The molecule has 0 aliphatic rings. The highest BCUT2D eigenvalue weighted by Crippen LogP contribution is 2.45. The first-order chi connectivity index (χ1) is 10.2. The van der Waals surface area contributed by atoms with Gasteiger partial charge in [0.2, 0.25) is 0 Å². The van der Waals surface area contributed by atoms with E-state index in [2.05, 4.69) is 0 Å². The lowest BCUT2D eigenvalue weighted by Crippen LogP contribution is -2.23. The maximum atomic E-state index is 11.3. The minimum Gasteiger partial charge on any atom is -0.323 e. The van der Waals surface area contributed by atoms with Crippen molar-refractivity contribution in [3.05, 3.63) is 60.2 Å². The highest BCUT2D eigenvalue weighted by Gasteiger charge is 2.39. The zero-order valence-corrected chi connectivity index (χ0v) is 13.1. The Labute approximate surface area is 128 Å². The van der Waals surface area contributed by atoms with Gasteiger partial charge < -0.3 is 9.79 Å². The summed E-state index contributed by atoms with van der Waals surface area (Å²) in [5.41, 5.74) is 2.09. The van der Waals surface area contributed by atoms with E-state index in [4.69, 9.17) is 14.3 Å². The van der Waals surface area contributed by atoms with Crippen LogP contribution in [0.2, 0.25) is 0 Å². The van der Waals surface area contributed by atoms with Crippen molar-refractivity contribution in [3.63, 3.8) is 0 Å². The first-order valence-electron chi connectivity index (χ1n) is 6.34. The molecule has 0 spiro atoms. The SMILES string of the molecule is O=P(O)(O)C(Cc1cccc(-c2ccccc2)c1)S(=O)(=O)O. The fourth-order valence-electron chi connectivity index (χ4n) is 2.11. The topological polar surface area (TPSA) is 112 Å². The van der Waals surface area contributed by atoms with E-state index in [0.717, 1.165) is 11.1 Å². The highest BCUT2D eigenvalue weighted by atomic mass is 32.2. The van der Waals surface area contributed by atoms with Gasteiger partial charge in [0.1, 0.15) is 0 Å². The standard InChI is InChI=1S/C14H15O6PS/c15-21(16,17)14(22(18,19)20)10-11-5-4-8-13(9-11)12-6-2-1-3-7-12/h1-9,14H,10H2,(H2,15,16,17)(H,18,19,20). The van der Waals surface area contributed by atoms with Crippen molar-refractivity contribution in [2.45, 2.75) is 11.4 Å². The molecule has 1 unspecified atom stereocenters. The smallest absolute Gasteiger partial charge is 0.323 e. The van der Waals surface area contributed by atoms with E-state index >= 15 is 0 Å². The van der Waals surface area contributed by atoms with Gasteiger partial charge in [0.15, 0.2) is 4.99 Å². The van der Waals surface area contributed by atoms with Crippen LogP contribution in [-0.4, -0.2) is 27.7 Å². The van der Waals surface area contributed by atoms with Crippen LogP contribution in [0.25, 0.3) is 11.1 Å². The summed E-state index contributed by atoms with van der Waals surface area (Å²) in [6.45, 7) is 0.